The average molecular weight is 331 g/mol. The van der Waals surface area contributed by atoms with Gasteiger partial charge >= 0.3 is 0 Å². The summed E-state index contributed by atoms with van der Waals surface area (Å²) in [6, 6.07) is 16.3. The van der Waals surface area contributed by atoms with Crippen LogP contribution in [0.4, 0.5) is 0 Å². The number of hydrogen-bond donors (Lipinski definition) is 0. The van der Waals surface area contributed by atoms with E-state index in [0.29, 0.717) is 0 Å². The van der Waals surface area contributed by atoms with Crippen molar-refractivity contribution in [3.8, 4) is 11.1 Å². The summed E-state index contributed by atoms with van der Waals surface area (Å²) < 4.78 is 0. The molecule has 2 aromatic rings. The Morgan fingerprint density at radius 1 is 0.680 bits per heavy atom. The van der Waals surface area contributed by atoms with Crippen LogP contribution >= 0.6 is 0 Å². The second-order valence-electron chi connectivity index (χ2n) is 7.47. The van der Waals surface area contributed by atoms with Gasteiger partial charge in [0.15, 0.2) is 0 Å². The van der Waals surface area contributed by atoms with Crippen molar-refractivity contribution in [3.05, 3.63) is 59.7 Å². The summed E-state index contributed by atoms with van der Waals surface area (Å²) in [7, 11) is 0. The molecule has 5 rings (SSSR count). The predicted molar refractivity (Wildman–Crippen MR) is 96.1 cm³/mol. The van der Waals surface area contributed by atoms with Gasteiger partial charge in [0.05, 0.1) is 11.8 Å². The second-order valence-corrected chi connectivity index (χ2v) is 7.47. The van der Waals surface area contributed by atoms with Gasteiger partial charge in [-0.2, -0.15) is 0 Å². The quantitative estimate of drug-likeness (QED) is 0.733. The number of nitrogens with zero attached hydrogens (tertiary/aromatic N) is 1. The Bertz CT molecular complexity index is 802. The van der Waals surface area contributed by atoms with Crippen LogP contribution in [0.3, 0.4) is 0 Å². The van der Waals surface area contributed by atoms with Gasteiger partial charge in [0, 0.05) is 6.04 Å². The van der Waals surface area contributed by atoms with Crippen molar-refractivity contribution in [2.45, 2.75) is 50.0 Å². The van der Waals surface area contributed by atoms with E-state index in [-0.39, 0.29) is 29.7 Å². The largest absolute Gasteiger partial charge is 0.278 e. The molecule has 2 aromatic carbocycles. The summed E-state index contributed by atoms with van der Waals surface area (Å²) >= 11 is 0. The van der Waals surface area contributed by atoms with Crippen LogP contribution < -0.4 is 0 Å². The van der Waals surface area contributed by atoms with Gasteiger partial charge in [0.1, 0.15) is 0 Å². The van der Waals surface area contributed by atoms with Gasteiger partial charge in [-0.1, -0.05) is 67.8 Å². The lowest BCUT2D eigenvalue weighted by atomic mass is 9.73. The number of benzene rings is 2. The van der Waals surface area contributed by atoms with Gasteiger partial charge in [-0.15, -0.1) is 0 Å². The molecule has 0 unspecified atom stereocenters. The molecule has 0 bridgehead atoms. The molecule has 25 heavy (non-hydrogen) atoms. The molecular weight excluding hydrogens is 310 g/mol. The van der Waals surface area contributed by atoms with E-state index < -0.39 is 0 Å². The van der Waals surface area contributed by atoms with E-state index in [1.54, 1.807) is 4.90 Å². The minimum absolute atomic E-state index is 0.0175. The molecule has 2 amide bonds. The Labute approximate surface area is 147 Å². The summed E-state index contributed by atoms with van der Waals surface area (Å²) in [5.74, 6) is -0.659. The lowest BCUT2D eigenvalue weighted by Crippen LogP contribution is -2.41. The number of amides is 2. The maximum Gasteiger partial charge on any atom is 0.238 e. The van der Waals surface area contributed by atoms with Crippen LogP contribution in [0.1, 0.15) is 55.1 Å². The van der Waals surface area contributed by atoms with E-state index in [1.165, 1.54) is 6.42 Å². The number of imide groups is 1. The molecule has 0 spiro atoms. The van der Waals surface area contributed by atoms with E-state index in [2.05, 4.69) is 12.1 Å². The average Bonchev–Trinajstić information content (AvgIpc) is 2.94. The van der Waals surface area contributed by atoms with Crippen LogP contribution in [-0.2, 0) is 9.59 Å². The Morgan fingerprint density at radius 3 is 1.68 bits per heavy atom. The molecule has 2 fully saturated rings. The van der Waals surface area contributed by atoms with Gasteiger partial charge in [-0.05, 0) is 35.1 Å². The van der Waals surface area contributed by atoms with Crippen LogP contribution in [0, 0.1) is 0 Å². The van der Waals surface area contributed by atoms with Crippen molar-refractivity contribution in [3.63, 3.8) is 0 Å². The van der Waals surface area contributed by atoms with Crippen molar-refractivity contribution in [2.75, 3.05) is 0 Å². The van der Waals surface area contributed by atoms with Crippen molar-refractivity contribution in [1.29, 1.82) is 0 Å². The molecule has 0 aromatic heterocycles. The molecule has 1 saturated heterocycles. The highest BCUT2D eigenvalue weighted by Crippen LogP contribution is 2.52. The molecule has 2 atom stereocenters. The van der Waals surface area contributed by atoms with E-state index >= 15 is 0 Å². The Kier molecular flexibility index (Phi) is 3.30. The summed E-state index contributed by atoms with van der Waals surface area (Å²) in [5, 5.41) is 0. The van der Waals surface area contributed by atoms with E-state index in [4.69, 9.17) is 0 Å². The molecular formula is C22H21NO2. The molecule has 0 radical (unpaired) electrons. The van der Waals surface area contributed by atoms with Gasteiger partial charge in [0.2, 0.25) is 11.8 Å². The number of rotatable bonds is 1. The zero-order valence-electron chi connectivity index (χ0n) is 14.2. The van der Waals surface area contributed by atoms with E-state index in [1.807, 2.05) is 36.4 Å². The standard InChI is InChI=1S/C22H21NO2/c24-21-19-17-12-6-4-10-15(17)16-11-5-7-13-18(16)20(19)22(25)23(21)14-8-2-1-3-9-14/h4-7,10-14,19-20H,1-3,8-9H2/t19-,20-/m1/s1. The summed E-state index contributed by atoms with van der Waals surface area (Å²) in [6.07, 6.45) is 5.36. The Balaban J connectivity index is 1.67. The van der Waals surface area contributed by atoms with E-state index in [0.717, 1.165) is 47.9 Å². The maximum absolute atomic E-state index is 13.3. The summed E-state index contributed by atoms with van der Waals surface area (Å²) in [5.41, 5.74) is 4.24. The molecule has 126 valence electrons. The molecule has 1 heterocycles. The number of carbonyl (C=O) groups excluding carboxylic acids is 2. The number of likely N-dealkylation sites (tertiary alicyclic amines) is 1. The fourth-order valence-corrected chi connectivity index (χ4v) is 5.04. The van der Waals surface area contributed by atoms with Gasteiger partial charge < -0.3 is 0 Å². The van der Waals surface area contributed by atoms with Gasteiger partial charge in [-0.3, -0.25) is 14.5 Å². The third-order valence-corrected chi connectivity index (χ3v) is 6.16. The molecule has 1 saturated carbocycles. The second kappa shape index (κ2) is 5.55. The maximum atomic E-state index is 13.3. The minimum Gasteiger partial charge on any atom is -0.278 e. The Morgan fingerprint density at radius 2 is 1.16 bits per heavy atom. The lowest BCUT2D eigenvalue weighted by molar-refractivity contribution is -0.142. The highest BCUT2D eigenvalue weighted by atomic mass is 16.2. The number of fused-ring (bicyclic) bond motifs is 6. The fourth-order valence-electron chi connectivity index (χ4n) is 5.04. The predicted octanol–water partition coefficient (Wildman–Crippen LogP) is 4.24. The lowest BCUT2D eigenvalue weighted by Gasteiger charge is -2.29. The highest BCUT2D eigenvalue weighted by molar-refractivity contribution is 6.13. The third kappa shape index (κ3) is 2.05. The smallest absolute Gasteiger partial charge is 0.238 e. The third-order valence-electron chi connectivity index (χ3n) is 6.16. The van der Waals surface area contributed by atoms with Crippen LogP contribution in [0.15, 0.2) is 48.5 Å². The van der Waals surface area contributed by atoms with Crippen molar-refractivity contribution >= 4 is 11.8 Å². The van der Waals surface area contributed by atoms with Crippen molar-refractivity contribution in [1.82, 2.24) is 4.90 Å². The first kappa shape index (κ1) is 14.9. The van der Waals surface area contributed by atoms with Crippen molar-refractivity contribution < 1.29 is 9.59 Å². The first-order valence-electron chi connectivity index (χ1n) is 9.32. The van der Waals surface area contributed by atoms with Crippen LogP contribution in [0.5, 0.6) is 0 Å². The molecule has 2 aliphatic carbocycles. The first-order valence-corrected chi connectivity index (χ1v) is 9.32. The fraction of sp³-hybridized carbons (Fsp3) is 0.364. The van der Waals surface area contributed by atoms with Crippen molar-refractivity contribution in [2.24, 2.45) is 0 Å². The minimum atomic E-state index is -0.347. The SMILES string of the molecule is O=C1[C@@H]2c3ccccc3-c3ccccc3[C@H]2C(=O)N1C1CCCCC1. The molecule has 3 nitrogen and oxygen atoms in total. The number of hydrogen-bond acceptors (Lipinski definition) is 2. The summed E-state index contributed by atoms with van der Waals surface area (Å²) in [6.45, 7) is 0. The summed E-state index contributed by atoms with van der Waals surface area (Å²) in [4.78, 5) is 28.3. The highest BCUT2D eigenvalue weighted by Gasteiger charge is 2.53. The Hall–Kier alpha value is -2.42. The zero-order chi connectivity index (χ0) is 17.0. The van der Waals surface area contributed by atoms with Crippen LogP contribution in [0.25, 0.3) is 11.1 Å². The van der Waals surface area contributed by atoms with E-state index in [9.17, 15) is 9.59 Å². The molecule has 3 heteroatoms. The van der Waals surface area contributed by atoms with Crippen LogP contribution in [0.2, 0.25) is 0 Å². The molecule has 0 N–H and O–H groups in total. The van der Waals surface area contributed by atoms with Crippen LogP contribution in [-0.4, -0.2) is 22.8 Å². The van der Waals surface area contributed by atoms with Gasteiger partial charge in [-0.25, -0.2) is 0 Å². The van der Waals surface area contributed by atoms with Gasteiger partial charge in [0.25, 0.3) is 0 Å². The molecule has 3 aliphatic rings. The topological polar surface area (TPSA) is 37.4 Å². The zero-order valence-corrected chi connectivity index (χ0v) is 14.2. The first-order chi connectivity index (χ1) is 12.3. The number of carbonyl (C=O) groups is 2. The molecule has 1 aliphatic heterocycles. The monoisotopic (exact) mass is 331 g/mol. The normalized spacial score (nSPS) is 25.5.